The molecule has 0 spiro atoms. The molecule has 116 valence electrons. The second kappa shape index (κ2) is 6.19. The zero-order chi connectivity index (χ0) is 14.2. The molecule has 0 bridgehead atoms. The Morgan fingerprint density at radius 1 is 1.27 bits per heavy atom. The Kier molecular flexibility index (Phi) is 4.27. The van der Waals surface area contributed by atoms with E-state index in [-0.39, 0.29) is 18.6 Å². The van der Waals surface area contributed by atoms with Crippen molar-refractivity contribution in [1.29, 1.82) is 0 Å². The van der Waals surface area contributed by atoms with E-state index in [0.29, 0.717) is 0 Å². The molecule has 1 aliphatic heterocycles. The van der Waals surface area contributed by atoms with Crippen molar-refractivity contribution in [3.8, 4) is 0 Å². The highest BCUT2D eigenvalue weighted by Crippen LogP contribution is 2.42. The van der Waals surface area contributed by atoms with Crippen LogP contribution in [0.4, 0.5) is 0 Å². The van der Waals surface area contributed by atoms with Crippen molar-refractivity contribution in [2.75, 3.05) is 6.54 Å². The summed E-state index contributed by atoms with van der Waals surface area (Å²) in [5, 5.41) is 4.58. The first kappa shape index (κ1) is 15.2. The van der Waals surface area contributed by atoms with E-state index in [0.717, 1.165) is 31.4 Å². The topological polar surface area (TPSA) is 34.4 Å². The minimum absolute atomic E-state index is 0. The van der Waals surface area contributed by atoms with Crippen LogP contribution in [-0.2, 0) is 4.74 Å². The summed E-state index contributed by atoms with van der Waals surface area (Å²) in [7, 11) is 0. The quantitative estimate of drug-likeness (QED) is 0.895. The lowest BCUT2D eigenvalue weighted by Crippen LogP contribution is -2.28. The van der Waals surface area contributed by atoms with Crippen molar-refractivity contribution < 1.29 is 9.15 Å². The fourth-order valence-electron chi connectivity index (χ4n) is 3.37. The summed E-state index contributed by atoms with van der Waals surface area (Å²) < 4.78 is 11.6. The standard InChI is InChI=1S/C18H19NO2.ClH/c1-2-19-18-11-15-13(6-4-8-17(15)21-18)12-5-3-7-16-14(12)9-10-20-16;/h3,5-7,9-10,18-19H,2,4,8,11H2,1H3;1H. The third kappa shape index (κ3) is 2.44. The van der Waals surface area contributed by atoms with Crippen LogP contribution in [0.15, 0.2) is 52.4 Å². The monoisotopic (exact) mass is 317 g/mol. The van der Waals surface area contributed by atoms with Gasteiger partial charge < -0.3 is 9.15 Å². The first-order valence-electron chi connectivity index (χ1n) is 7.66. The number of furan rings is 1. The third-order valence-electron chi connectivity index (χ3n) is 4.27. The number of hydrogen-bond acceptors (Lipinski definition) is 3. The molecule has 1 unspecified atom stereocenters. The number of nitrogens with one attached hydrogen (secondary N) is 1. The first-order chi connectivity index (χ1) is 10.4. The second-order valence-corrected chi connectivity index (χ2v) is 5.56. The Morgan fingerprint density at radius 2 is 2.18 bits per heavy atom. The van der Waals surface area contributed by atoms with Crippen molar-refractivity contribution in [3.05, 3.63) is 53.5 Å². The average molecular weight is 318 g/mol. The highest BCUT2D eigenvalue weighted by atomic mass is 35.5. The van der Waals surface area contributed by atoms with Crippen LogP contribution in [0.5, 0.6) is 0 Å². The fraction of sp³-hybridized carbons (Fsp3) is 0.333. The van der Waals surface area contributed by atoms with E-state index in [1.165, 1.54) is 27.9 Å². The van der Waals surface area contributed by atoms with E-state index >= 15 is 0 Å². The van der Waals surface area contributed by atoms with Crippen molar-refractivity contribution in [1.82, 2.24) is 5.32 Å². The van der Waals surface area contributed by atoms with Gasteiger partial charge in [-0.1, -0.05) is 25.1 Å². The molecule has 1 N–H and O–H groups in total. The number of rotatable bonds is 3. The summed E-state index contributed by atoms with van der Waals surface area (Å²) in [4.78, 5) is 0. The van der Waals surface area contributed by atoms with Gasteiger partial charge in [-0.2, -0.15) is 0 Å². The Bertz CT molecular complexity index is 744. The molecule has 1 aromatic heterocycles. The van der Waals surface area contributed by atoms with Crippen LogP contribution in [0.25, 0.3) is 16.5 Å². The molecule has 2 aromatic rings. The van der Waals surface area contributed by atoms with Crippen LogP contribution < -0.4 is 5.32 Å². The maximum absolute atomic E-state index is 6.06. The van der Waals surface area contributed by atoms with Gasteiger partial charge in [0.15, 0.2) is 6.23 Å². The summed E-state index contributed by atoms with van der Waals surface area (Å²) >= 11 is 0. The average Bonchev–Trinajstić information content (AvgIpc) is 3.12. The molecule has 3 nitrogen and oxygen atoms in total. The minimum atomic E-state index is 0. The van der Waals surface area contributed by atoms with Crippen molar-refractivity contribution in [2.45, 2.75) is 32.4 Å². The lowest BCUT2D eigenvalue weighted by atomic mass is 9.88. The van der Waals surface area contributed by atoms with Gasteiger partial charge in [-0.05, 0) is 36.2 Å². The molecule has 1 aromatic carbocycles. The van der Waals surface area contributed by atoms with Crippen LogP contribution in [0.3, 0.4) is 0 Å². The van der Waals surface area contributed by atoms with Gasteiger partial charge in [0, 0.05) is 23.8 Å². The molecule has 2 aliphatic rings. The molecule has 1 aliphatic carbocycles. The largest absolute Gasteiger partial charge is 0.479 e. The molecule has 0 radical (unpaired) electrons. The number of ether oxygens (including phenoxy) is 1. The van der Waals surface area contributed by atoms with Crippen LogP contribution in [0.2, 0.25) is 0 Å². The minimum Gasteiger partial charge on any atom is -0.479 e. The molecular weight excluding hydrogens is 298 g/mol. The molecule has 0 saturated heterocycles. The van der Waals surface area contributed by atoms with Gasteiger partial charge >= 0.3 is 0 Å². The van der Waals surface area contributed by atoms with Crippen molar-refractivity contribution in [2.24, 2.45) is 0 Å². The molecule has 4 heteroatoms. The van der Waals surface area contributed by atoms with E-state index in [2.05, 4.69) is 36.5 Å². The number of halogens is 1. The summed E-state index contributed by atoms with van der Waals surface area (Å²) in [6.45, 7) is 3.05. The van der Waals surface area contributed by atoms with Gasteiger partial charge in [0.25, 0.3) is 0 Å². The number of fused-ring (bicyclic) bond motifs is 1. The predicted molar refractivity (Wildman–Crippen MR) is 90.9 cm³/mol. The van der Waals surface area contributed by atoms with Gasteiger partial charge in [-0.25, -0.2) is 0 Å². The highest BCUT2D eigenvalue weighted by Gasteiger charge is 2.30. The van der Waals surface area contributed by atoms with Gasteiger partial charge in [-0.3, -0.25) is 5.32 Å². The summed E-state index contributed by atoms with van der Waals surface area (Å²) in [5.74, 6) is 1.17. The maximum atomic E-state index is 6.06. The highest BCUT2D eigenvalue weighted by molar-refractivity contribution is 5.96. The molecule has 0 amide bonds. The third-order valence-corrected chi connectivity index (χ3v) is 4.27. The molecule has 22 heavy (non-hydrogen) atoms. The fourth-order valence-corrected chi connectivity index (χ4v) is 3.37. The molecular formula is C18H20ClNO2. The number of hydrogen-bond donors (Lipinski definition) is 1. The second-order valence-electron chi connectivity index (χ2n) is 5.56. The lowest BCUT2D eigenvalue weighted by molar-refractivity contribution is 0.109. The van der Waals surface area contributed by atoms with Gasteiger partial charge in [-0.15, -0.1) is 12.4 Å². The van der Waals surface area contributed by atoms with Gasteiger partial charge in [0.2, 0.25) is 0 Å². The van der Waals surface area contributed by atoms with E-state index in [9.17, 15) is 0 Å². The number of benzene rings is 1. The molecule has 4 rings (SSSR count). The van der Waals surface area contributed by atoms with E-state index < -0.39 is 0 Å². The van der Waals surface area contributed by atoms with E-state index in [1.54, 1.807) is 6.26 Å². The van der Waals surface area contributed by atoms with Crippen LogP contribution >= 0.6 is 12.4 Å². The molecule has 1 atom stereocenters. The summed E-state index contributed by atoms with van der Waals surface area (Å²) in [6.07, 6.45) is 7.25. The molecule has 0 fully saturated rings. The number of allylic oxidation sites excluding steroid dienone is 3. The Balaban J connectivity index is 0.00000144. The zero-order valence-electron chi connectivity index (χ0n) is 12.6. The van der Waals surface area contributed by atoms with Gasteiger partial charge in [0.05, 0.1) is 6.26 Å². The predicted octanol–water partition coefficient (Wildman–Crippen LogP) is 4.64. The maximum Gasteiger partial charge on any atom is 0.153 e. The molecule has 2 heterocycles. The van der Waals surface area contributed by atoms with Crippen molar-refractivity contribution >= 4 is 28.9 Å². The first-order valence-corrected chi connectivity index (χ1v) is 7.66. The Labute approximate surface area is 136 Å². The Hall–Kier alpha value is -1.71. The van der Waals surface area contributed by atoms with E-state index in [4.69, 9.17) is 9.15 Å². The van der Waals surface area contributed by atoms with Crippen LogP contribution in [-0.4, -0.2) is 12.8 Å². The summed E-state index contributed by atoms with van der Waals surface area (Å²) in [6, 6.07) is 8.32. The lowest BCUT2D eigenvalue weighted by Gasteiger charge is -2.16. The van der Waals surface area contributed by atoms with Crippen molar-refractivity contribution in [3.63, 3.8) is 0 Å². The summed E-state index contributed by atoms with van der Waals surface area (Å²) in [5.41, 5.74) is 4.89. The van der Waals surface area contributed by atoms with Gasteiger partial charge in [0.1, 0.15) is 11.3 Å². The SMILES string of the molecule is CCNC1CC2=C(CCC=C2c2cccc3occc23)O1.Cl. The normalized spacial score (nSPS) is 20.4. The van der Waals surface area contributed by atoms with Crippen LogP contribution in [0, 0.1) is 0 Å². The Morgan fingerprint density at radius 3 is 3.05 bits per heavy atom. The van der Waals surface area contributed by atoms with Crippen LogP contribution in [0.1, 0.15) is 31.7 Å². The van der Waals surface area contributed by atoms with E-state index in [1.807, 2.05) is 6.07 Å². The smallest absolute Gasteiger partial charge is 0.153 e. The zero-order valence-corrected chi connectivity index (χ0v) is 13.4. The molecule has 0 saturated carbocycles.